The molecule has 1 aliphatic heterocycles. The van der Waals surface area contributed by atoms with E-state index >= 15 is 0 Å². The normalized spacial score (nSPS) is 30.1. The van der Waals surface area contributed by atoms with Crippen LogP contribution in [0.15, 0.2) is 0 Å². The van der Waals surface area contributed by atoms with Crippen molar-refractivity contribution in [3.63, 3.8) is 0 Å². The lowest BCUT2D eigenvalue weighted by Gasteiger charge is -2.26. The zero-order valence-electron chi connectivity index (χ0n) is 7.19. The zero-order chi connectivity index (χ0) is 8.81. The van der Waals surface area contributed by atoms with Crippen LogP contribution in [0.25, 0.3) is 0 Å². The van der Waals surface area contributed by atoms with E-state index in [1.165, 1.54) is 0 Å². The molecule has 1 rings (SSSR count). The number of carbonyl (C=O) groups is 1. The van der Waals surface area contributed by atoms with Crippen LogP contribution in [-0.2, 0) is 14.3 Å². The molecule has 70 valence electrons. The van der Waals surface area contributed by atoms with Crippen molar-refractivity contribution in [2.75, 3.05) is 25.4 Å². The van der Waals surface area contributed by atoms with Crippen molar-refractivity contribution in [1.82, 2.24) is 0 Å². The Balaban J connectivity index is 2.31. The molecule has 0 N–H and O–H groups in total. The lowest BCUT2D eigenvalue weighted by Crippen LogP contribution is -2.32. The Morgan fingerprint density at radius 1 is 1.67 bits per heavy atom. The molecule has 0 radical (unpaired) electrons. The van der Waals surface area contributed by atoms with Crippen molar-refractivity contribution in [2.24, 2.45) is 5.92 Å². The first-order valence-corrected chi connectivity index (χ1v) is 5.17. The number of methoxy groups -OCH3 is 1. The fourth-order valence-electron chi connectivity index (χ4n) is 1.23. The molecule has 0 bridgehead atoms. The smallest absolute Gasteiger partial charge is 0.146 e. The van der Waals surface area contributed by atoms with Gasteiger partial charge in [-0.15, -0.1) is 0 Å². The van der Waals surface area contributed by atoms with Crippen LogP contribution >= 0.6 is 11.8 Å². The number of carbonyl (C=O) groups excluding carboxylic acids is 1. The fourth-order valence-corrected chi connectivity index (χ4v) is 2.36. The number of hydrogen-bond donors (Lipinski definition) is 0. The molecule has 1 aliphatic rings. The SMILES string of the molecule is COCOC1CCSCC1C=O. The molecule has 0 spiro atoms. The van der Waals surface area contributed by atoms with E-state index in [1.807, 2.05) is 11.8 Å². The lowest BCUT2D eigenvalue weighted by molar-refractivity contribution is -0.122. The molecule has 1 heterocycles. The molecule has 3 nitrogen and oxygen atoms in total. The molecule has 2 atom stereocenters. The predicted octanol–water partition coefficient (Wildman–Crippen LogP) is 0.927. The Morgan fingerprint density at radius 3 is 3.17 bits per heavy atom. The summed E-state index contributed by atoms with van der Waals surface area (Å²) in [4.78, 5) is 10.6. The first-order chi connectivity index (χ1) is 5.88. The van der Waals surface area contributed by atoms with E-state index in [-0.39, 0.29) is 12.0 Å². The predicted molar refractivity (Wildman–Crippen MR) is 48.2 cm³/mol. The van der Waals surface area contributed by atoms with Crippen molar-refractivity contribution in [3.05, 3.63) is 0 Å². The summed E-state index contributed by atoms with van der Waals surface area (Å²) >= 11 is 1.81. The second-order valence-electron chi connectivity index (χ2n) is 2.78. The Kier molecular flexibility index (Phi) is 4.65. The van der Waals surface area contributed by atoms with Crippen LogP contribution in [0.3, 0.4) is 0 Å². The van der Waals surface area contributed by atoms with E-state index in [4.69, 9.17) is 9.47 Å². The van der Waals surface area contributed by atoms with Gasteiger partial charge in [0.2, 0.25) is 0 Å². The molecule has 2 unspecified atom stereocenters. The monoisotopic (exact) mass is 190 g/mol. The fraction of sp³-hybridized carbons (Fsp3) is 0.875. The van der Waals surface area contributed by atoms with Gasteiger partial charge in [0.1, 0.15) is 13.1 Å². The summed E-state index contributed by atoms with van der Waals surface area (Å²) in [5, 5.41) is 0. The highest BCUT2D eigenvalue weighted by Gasteiger charge is 2.25. The molecule has 1 saturated heterocycles. The summed E-state index contributed by atoms with van der Waals surface area (Å²) < 4.78 is 10.2. The highest BCUT2D eigenvalue weighted by Crippen LogP contribution is 2.24. The second-order valence-corrected chi connectivity index (χ2v) is 3.93. The average Bonchev–Trinajstić information content (AvgIpc) is 2.15. The largest absolute Gasteiger partial charge is 0.359 e. The number of thioether (sulfide) groups is 1. The zero-order valence-corrected chi connectivity index (χ0v) is 8.01. The van der Waals surface area contributed by atoms with Crippen LogP contribution in [-0.4, -0.2) is 37.8 Å². The van der Waals surface area contributed by atoms with Gasteiger partial charge in [0.25, 0.3) is 0 Å². The summed E-state index contributed by atoms with van der Waals surface area (Å²) in [5.41, 5.74) is 0. The summed E-state index contributed by atoms with van der Waals surface area (Å²) in [6.45, 7) is 0.291. The average molecular weight is 190 g/mol. The first kappa shape index (κ1) is 10.0. The maximum absolute atomic E-state index is 10.6. The highest BCUT2D eigenvalue weighted by molar-refractivity contribution is 7.99. The molecule has 0 aromatic rings. The molecular weight excluding hydrogens is 176 g/mol. The number of rotatable bonds is 4. The van der Waals surface area contributed by atoms with E-state index in [0.29, 0.717) is 6.79 Å². The minimum atomic E-state index is 0.0545. The van der Waals surface area contributed by atoms with Crippen LogP contribution in [0.5, 0.6) is 0 Å². The van der Waals surface area contributed by atoms with Gasteiger partial charge in [0, 0.05) is 12.9 Å². The maximum atomic E-state index is 10.6. The van der Waals surface area contributed by atoms with Gasteiger partial charge in [0.15, 0.2) is 0 Å². The van der Waals surface area contributed by atoms with E-state index in [1.54, 1.807) is 7.11 Å². The first-order valence-electron chi connectivity index (χ1n) is 4.02. The van der Waals surface area contributed by atoms with E-state index in [2.05, 4.69) is 0 Å². The van der Waals surface area contributed by atoms with E-state index < -0.39 is 0 Å². The number of ether oxygens (including phenoxy) is 2. The minimum absolute atomic E-state index is 0.0545. The third-order valence-electron chi connectivity index (χ3n) is 1.91. The topological polar surface area (TPSA) is 35.5 Å². The molecule has 0 aromatic heterocycles. The summed E-state index contributed by atoms with van der Waals surface area (Å²) in [6.07, 6.45) is 2.02. The van der Waals surface area contributed by atoms with Gasteiger partial charge in [-0.05, 0) is 12.2 Å². The molecular formula is C8H14O3S. The molecule has 0 saturated carbocycles. The highest BCUT2D eigenvalue weighted by atomic mass is 32.2. The van der Waals surface area contributed by atoms with Crippen LogP contribution in [0.4, 0.5) is 0 Å². The molecule has 0 aromatic carbocycles. The Morgan fingerprint density at radius 2 is 2.50 bits per heavy atom. The van der Waals surface area contributed by atoms with Gasteiger partial charge in [-0.2, -0.15) is 11.8 Å². The Bertz CT molecular complexity index is 140. The van der Waals surface area contributed by atoms with Gasteiger partial charge >= 0.3 is 0 Å². The minimum Gasteiger partial charge on any atom is -0.359 e. The van der Waals surface area contributed by atoms with Crippen LogP contribution in [0.2, 0.25) is 0 Å². The Hall–Kier alpha value is -0.0600. The van der Waals surface area contributed by atoms with E-state index in [0.717, 1.165) is 24.2 Å². The number of aldehydes is 1. The van der Waals surface area contributed by atoms with Gasteiger partial charge in [-0.3, -0.25) is 0 Å². The van der Waals surface area contributed by atoms with Crippen LogP contribution in [0.1, 0.15) is 6.42 Å². The number of hydrogen-bond acceptors (Lipinski definition) is 4. The maximum Gasteiger partial charge on any atom is 0.146 e. The summed E-state index contributed by atoms with van der Waals surface area (Å²) in [6, 6.07) is 0. The molecule has 1 fully saturated rings. The van der Waals surface area contributed by atoms with Gasteiger partial charge in [-0.25, -0.2) is 0 Å². The summed E-state index contributed by atoms with van der Waals surface area (Å²) in [5.74, 6) is 2.02. The van der Waals surface area contributed by atoms with Crippen molar-refractivity contribution >= 4 is 18.0 Å². The molecule has 4 heteroatoms. The molecule has 0 aliphatic carbocycles. The Labute approximate surface area is 76.8 Å². The van der Waals surface area contributed by atoms with Crippen LogP contribution < -0.4 is 0 Å². The van der Waals surface area contributed by atoms with Crippen LogP contribution in [0, 0.1) is 5.92 Å². The third kappa shape index (κ3) is 2.77. The van der Waals surface area contributed by atoms with Crippen molar-refractivity contribution in [2.45, 2.75) is 12.5 Å². The van der Waals surface area contributed by atoms with Crippen molar-refractivity contribution < 1.29 is 14.3 Å². The summed E-state index contributed by atoms with van der Waals surface area (Å²) in [7, 11) is 1.59. The molecule has 12 heavy (non-hydrogen) atoms. The second kappa shape index (κ2) is 5.56. The van der Waals surface area contributed by atoms with Gasteiger partial charge < -0.3 is 14.3 Å². The van der Waals surface area contributed by atoms with Gasteiger partial charge in [-0.1, -0.05) is 0 Å². The van der Waals surface area contributed by atoms with Gasteiger partial charge in [0.05, 0.1) is 12.0 Å². The van der Waals surface area contributed by atoms with E-state index in [9.17, 15) is 4.79 Å². The van der Waals surface area contributed by atoms with Crippen molar-refractivity contribution in [1.29, 1.82) is 0 Å². The quantitative estimate of drug-likeness (QED) is 0.488. The van der Waals surface area contributed by atoms with Crippen molar-refractivity contribution in [3.8, 4) is 0 Å². The molecule has 0 amide bonds. The lowest BCUT2D eigenvalue weighted by atomic mass is 10.0. The third-order valence-corrected chi connectivity index (χ3v) is 3.05. The standard InChI is InChI=1S/C8H14O3S/c1-10-6-11-8-2-3-12-5-7(8)4-9/h4,7-8H,2-3,5-6H2,1H3.